The molecule has 0 bridgehead atoms. The highest BCUT2D eigenvalue weighted by Crippen LogP contribution is 2.20. The molecule has 1 aromatic carbocycles. The van der Waals surface area contributed by atoms with E-state index in [0.29, 0.717) is 17.1 Å². The molecule has 0 saturated heterocycles. The van der Waals surface area contributed by atoms with Gasteiger partial charge in [-0.25, -0.2) is 0 Å². The van der Waals surface area contributed by atoms with E-state index in [-0.39, 0.29) is 12.5 Å². The average molecular weight is 254 g/mol. The first-order valence-corrected chi connectivity index (χ1v) is 5.82. The molecule has 0 atom stereocenters. The second-order valence-corrected chi connectivity index (χ2v) is 4.20. The molecule has 96 valence electrons. The monoisotopic (exact) mass is 254 g/mol. The highest BCUT2D eigenvalue weighted by Gasteiger charge is 2.08. The molecule has 0 aliphatic heterocycles. The number of hydrogen-bond acceptors (Lipinski definition) is 3. The van der Waals surface area contributed by atoms with Gasteiger partial charge in [0.2, 0.25) is 5.91 Å². The van der Waals surface area contributed by atoms with Gasteiger partial charge in [0.1, 0.15) is 18.3 Å². The van der Waals surface area contributed by atoms with Gasteiger partial charge in [-0.05, 0) is 36.8 Å². The Kier molecular flexibility index (Phi) is 3.53. The van der Waals surface area contributed by atoms with Crippen LogP contribution in [0.4, 0.5) is 11.4 Å². The predicted octanol–water partition coefficient (Wildman–Crippen LogP) is 1.89. The maximum Gasteiger partial charge on any atom is 0.244 e. The molecule has 0 spiro atoms. The Morgan fingerprint density at radius 3 is 2.95 bits per heavy atom. The van der Waals surface area contributed by atoms with E-state index in [0.717, 1.165) is 5.56 Å². The van der Waals surface area contributed by atoms with Gasteiger partial charge >= 0.3 is 0 Å². The third-order valence-electron chi connectivity index (χ3n) is 2.91. The molecule has 3 N–H and O–H groups in total. The minimum absolute atomic E-state index is 0.101. The van der Waals surface area contributed by atoms with E-state index in [1.807, 2.05) is 13.0 Å². The van der Waals surface area contributed by atoms with Crippen LogP contribution in [0.5, 0.6) is 0 Å². The first kappa shape index (κ1) is 12.7. The van der Waals surface area contributed by atoms with Crippen molar-refractivity contribution in [3.63, 3.8) is 0 Å². The summed E-state index contributed by atoms with van der Waals surface area (Å²) in [5, 5.41) is 11.7. The molecule has 5 heteroatoms. The van der Waals surface area contributed by atoms with Crippen LogP contribution in [0.2, 0.25) is 0 Å². The summed E-state index contributed by atoms with van der Waals surface area (Å²) in [5.74, 6) is -0.193. The lowest BCUT2D eigenvalue weighted by Crippen LogP contribution is -2.19. The van der Waals surface area contributed by atoms with E-state index in [9.17, 15) is 4.79 Å². The minimum atomic E-state index is -0.193. The number of nitrogens with two attached hydrogens (primary N) is 1. The zero-order chi connectivity index (χ0) is 13.8. The van der Waals surface area contributed by atoms with Gasteiger partial charge in [-0.1, -0.05) is 6.07 Å². The van der Waals surface area contributed by atoms with Crippen molar-refractivity contribution in [3.8, 4) is 6.07 Å². The molecule has 0 aliphatic carbocycles. The first-order chi connectivity index (χ1) is 9.11. The molecule has 0 aliphatic rings. The van der Waals surface area contributed by atoms with Crippen molar-refractivity contribution in [2.75, 3.05) is 11.1 Å². The second kappa shape index (κ2) is 5.27. The SMILES string of the molecule is Cc1c(N)cccc1NC(=O)Cn1cccc1C#N. The summed E-state index contributed by atoms with van der Waals surface area (Å²) in [6.45, 7) is 1.95. The van der Waals surface area contributed by atoms with Crippen molar-refractivity contribution in [3.05, 3.63) is 47.8 Å². The predicted molar refractivity (Wildman–Crippen MR) is 73.4 cm³/mol. The third-order valence-corrected chi connectivity index (χ3v) is 2.91. The van der Waals surface area contributed by atoms with Crippen LogP contribution in [0.1, 0.15) is 11.3 Å². The van der Waals surface area contributed by atoms with E-state index in [2.05, 4.69) is 5.32 Å². The van der Waals surface area contributed by atoms with Gasteiger partial charge in [-0.15, -0.1) is 0 Å². The fraction of sp³-hybridized carbons (Fsp3) is 0.143. The van der Waals surface area contributed by atoms with E-state index in [1.165, 1.54) is 0 Å². The number of carbonyl (C=O) groups excluding carboxylic acids is 1. The number of nitriles is 1. The molecule has 2 rings (SSSR count). The lowest BCUT2D eigenvalue weighted by Gasteiger charge is -2.11. The molecule has 5 nitrogen and oxygen atoms in total. The summed E-state index contributed by atoms with van der Waals surface area (Å²) in [4.78, 5) is 11.9. The number of carbonyl (C=O) groups is 1. The Morgan fingerprint density at radius 1 is 1.42 bits per heavy atom. The van der Waals surface area contributed by atoms with E-state index < -0.39 is 0 Å². The Hall–Kier alpha value is -2.74. The van der Waals surface area contributed by atoms with Crippen molar-refractivity contribution >= 4 is 17.3 Å². The van der Waals surface area contributed by atoms with Crippen LogP contribution < -0.4 is 11.1 Å². The summed E-state index contributed by atoms with van der Waals surface area (Å²) < 4.78 is 1.59. The van der Waals surface area contributed by atoms with Crippen molar-refractivity contribution in [1.29, 1.82) is 5.26 Å². The molecule has 1 amide bonds. The molecular formula is C14H14N4O. The molecule has 2 aromatic rings. The maximum atomic E-state index is 11.9. The highest BCUT2D eigenvalue weighted by molar-refractivity contribution is 5.92. The van der Waals surface area contributed by atoms with Crippen LogP contribution in [0.25, 0.3) is 0 Å². The number of hydrogen-bond donors (Lipinski definition) is 2. The fourth-order valence-corrected chi connectivity index (χ4v) is 1.79. The van der Waals surface area contributed by atoms with Crippen LogP contribution in [-0.4, -0.2) is 10.5 Å². The number of benzene rings is 1. The lowest BCUT2D eigenvalue weighted by atomic mass is 10.1. The summed E-state index contributed by atoms with van der Waals surface area (Å²) in [5.41, 5.74) is 8.40. The lowest BCUT2D eigenvalue weighted by molar-refractivity contribution is -0.116. The molecule has 0 fully saturated rings. The Labute approximate surface area is 111 Å². The smallest absolute Gasteiger partial charge is 0.244 e. The number of amides is 1. The summed E-state index contributed by atoms with van der Waals surface area (Å²) >= 11 is 0. The molecule has 1 aromatic heterocycles. The topological polar surface area (TPSA) is 83.8 Å². The van der Waals surface area contributed by atoms with E-state index in [1.54, 1.807) is 41.1 Å². The summed E-state index contributed by atoms with van der Waals surface area (Å²) in [7, 11) is 0. The van der Waals surface area contributed by atoms with Crippen LogP contribution in [0, 0.1) is 18.3 Å². The Bertz CT molecular complexity index is 652. The number of aromatic nitrogens is 1. The van der Waals surface area contributed by atoms with Crippen molar-refractivity contribution in [2.24, 2.45) is 0 Å². The Morgan fingerprint density at radius 2 is 2.21 bits per heavy atom. The third kappa shape index (κ3) is 2.75. The van der Waals surface area contributed by atoms with E-state index >= 15 is 0 Å². The Balaban J connectivity index is 2.10. The zero-order valence-corrected chi connectivity index (χ0v) is 10.6. The van der Waals surface area contributed by atoms with Crippen molar-refractivity contribution < 1.29 is 4.79 Å². The molecular weight excluding hydrogens is 240 g/mol. The summed E-state index contributed by atoms with van der Waals surface area (Å²) in [6, 6.07) is 10.8. The number of nitrogens with zero attached hydrogens (tertiary/aromatic N) is 2. The number of rotatable bonds is 3. The normalized spacial score (nSPS) is 9.89. The van der Waals surface area contributed by atoms with Crippen LogP contribution in [0.3, 0.4) is 0 Å². The van der Waals surface area contributed by atoms with Gasteiger partial charge in [0.15, 0.2) is 0 Å². The van der Waals surface area contributed by atoms with Crippen LogP contribution in [0.15, 0.2) is 36.5 Å². The van der Waals surface area contributed by atoms with Gasteiger partial charge in [0, 0.05) is 17.6 Å². The zero-order valence-electron chi connectivity index (χ0n) is 10.6. The van der Waals surface area contributed by atoms with Crippen LogP contribution >= 0.6 is 0 Å². The average Bonchev–Trinajstić information content (AvgIpc) is 2.82. The molecule has 0 unspecified atom stereocenters. The minimum Gasteiger partial charge on any atom is -0.398 e. The van der Waals surface area contributed by atoms with Gasteiger partial charge in [-0.3, -0.25) is 4.79 Å². The van der Waals surface area contributed by atoms with Crippen molar-refractivity contribution in [1.82, 2.24) is 4.57 Å². The van der Waals surface area contributed by atoms with Gasteiger partial charge in [0.05, 0.1) is 0 Å². The second-order valence-electron chi connectivity index (χ2n) is 4.20. The quantitative estimate of drug-likeness (QED) is 0.820. The summed E-state index contributed by atoms with van der Waals surface area (Å²) in [6.07, 6.45) is 1.70. The van der Waals surface area contributed by atoms with Gasteiger partial charge < -0.3 is 15.6 Å². The van der Waals surface area contributed by atoms with Gasteiger partial charge in [-0.2, -0.15) is 5.26 Å². The first-order valence-electron chi connectivity index (χ1n) is 5.82. The van der Waals surface area contributed by atoms with E-state index in [4.69, 9.17) is 11.0 Å². The molecule has 0 saturated carbocycles. The molecule has 1 heterocycles. The molecule has 0 radical (unpaired) electrons. The maximum absolute atomic E-state index is 11.9. The van der Waals surface area contributed by atoms with Crippen LogP contribution in [-0.2, 0) is 11.3 Å². The van der Waals surface area contributed by atoms with Crippen molar-refractivity contribution in [2.45, 2.75) is 13.5 Å². The molecule has 19 heavy (non-hydrogen) atoms. The standard InChI is InChI=1S/C14H14N4O/c1-10-12(16)5-2-6-13(10)17-14(19)9-18-7-3-4-11(18)8-15/h2-7H,9,16H2,1H3,(H,17,19). The van der Waals surface area contributed by atoms with Gasteiger partial charge in [0.25, 0.3) is 0 Å². The number of anilines is 2. The number of nitrogen functional groups attached to an aromatic ring is 1. The highest BCUT2D eigenvalue weighted by atomic mass is 16.1. The fourth-order valence-electron chi connectivity index (χ4n) is 1.79. The number of nitrogens with one attached hydrogen (secondary N) is 1. The largest absolute Gasteiger partial charge is 0.398 e.